The molecule has 1 aliphatic heterocycles. The molecule has 206 valence electrons. The molecule has 1 fully saturated rings. The van der Waals surface area contributed by atoms with E-state index in [9.17, 15) is 28.9 Å². The maximum absolute atomic E-state index is 13.1. The third kappa shape index (κ3) is 7.15. The lowest BCUT2D eigenvalue weighted by atomic mass is 10.1. The van der Waals surface area contributed by atoms with E-state index in [1.54, 1.807) is 24.3 Å². The van der Waals surface area contributed by atoms with Gasteiger partial charge in [0.25, 0.3) is 16.8 Å². The molecule has 1 heterocycles. The van der Waals surface area contributed by atoms with Gasteiger partial charge in [-0.25, -0.2) is 4.39 Å². The van der Waals surface area contributed by atoms with Gasteiger partial charge >= 0.3 is 0 Å². The van der Waals surface area contributed by atoms with E-state index in [0.717, 1.165) is 10.5 Å². The third-order valence-electron chi connectivity index (χ3n) is 5.46. The van der Waals surface area contributed by atoms with E-state index in [-0.39, 0.29) is 17.2 Å². The molecule has 4 rings (SSSR count). The van der Waals surface area contributed by atoms with E-state index < -0.39 is 34.3 Å². The second kappa shape index (κ2) is 12.9. The summed E-state index contributed by atoms with van der Waals surface area (Å²) in [7, 11) is 0. The molecule has 13 heteroatoms. The molecule has 0 atom stereocenters. The zero-order chi connectivity index (χ0) is 28.8. The predicted molar refractivity (Wildman–Crippen MR) is 155 cm³/mol. The highest BCUT2D eigenvalue weighted by molar-refractivity contribution is 14.1. The number of benzene rings is 3. The first-order chi connectivity index (χ1) is 19.1. The van der Waals surface area contributed by atoms with E-state index >= 15 is 0 Å². The summed E-state index contributed by atoms with van der Waals surface area (Å²) in [5, 5.41) is 12.8. The second-order valence-corrected chi connectivity index (χ2v) is 10.5. The number of hydrogen-bond acceptors (Lipinski definition) is 8. The molecule has 0 saturated carbocycles. The number of nitro benzene ring substituents is 1. The van der Waals surface area contributed by atoms with Crippen molar-refractivity contribution in [2.75, 3.05) is 18.5 Å². The number of halogens is 2. The Morgan fingerprint density at radius 2 is 1.82 bits per heavy atom. The van der Waals surface area contributed by atoms with Gasteiger partial charge in [-0.05, 0) is 107 Å². The summed E-state index contributed by atoms with van der Waals surface area (Å²) in [4.78, 5) is 49.2. The number of non-ortho nitro benzene ring substituents is 1. The molecule has 3 aromatic rings. The fraction of sp³-hybridized carbons (Fsp3) is 0.148. The Balaban J connectivity index is 1.47. The molecule has 0 bridgehead atoms. The molecular weight excluding hydrogens is 656 g/mol. The highest BCUT2D eigenvalue weighted by atomic mass is 127. The van der Waals surface area contributed by atoms with Crippen LogP contribution in [0.5, 0.6) is 11.5 Å². The lowest BCUT2D eigenvalue weighted by Crippen LogP contribution is -2.36. The van der Waals surface area contributed by atoms with Crippen molar-refractivity contribution in [3.63, 3.8) is 0 Å². The molecule has 1 aliphatic rings. The van der Waals surface area contributed by atoms with Crippen molar-refractivity contribution in [1.82, 2.24) is 4.90 Å². The first kappa shape index (κ1) is 29.0. The number of anilines is 1. The topological polar surface area (TPSA) is 128 Å². The maximum Gasteiger partial charge on any atom is 0.294 e. The Morgan fingerprint density at radius 3 is 2.48 bits per heavy atom. The summed E-state index contributed by atoms with van der Waals surface area (Å²) in [5.41, 5.74) is 1.63. The van der Waals surface area contributed by atoms with Crippen LogP contribution in [0.3, 0.4) is 0 Å². The number of nitrogens with zero attached hydrogens (tertiary/aromatic N) is 2. The first-order valence-corrected chi connectivity index (χ1v) is 13.7. The van der Waals surface area contributed by atoms with Gasteiger partial charge in [0, 0.05) is 17.8 Å². The zero-order valence-electron chi connectivity index (χ0n) is 20.9. The molecule has 40 heavy (non-hydrogen) atoms. The van der Waals surface area contributed by atoms with Crippen molar-refractivity contribution in [2.24, 2.45) is 0 Å². The number of nitrogens with one attached hydrogen (secondary N) is 1. The Morgan fingerprint density at radius 1 is 1.12 bits per heavy atom. The standard InChI is InChI=1S/C27H21FIN3O7S/c1-2-38-22-12-17(11-21(29)25(22)39-15-16-3-9-20(10-4-16)32(36)37)13-23-26(34)31(27(35)40-23)14-24(33)30-19-7-5-18(28)6-8-19/h3-13H,2,14-15H2,1H3,(H,30,33)/b23-13-. The monoisotopic (exact) mass is 677 g/mol. The summed E-state index contributed by atoms with van der Waals surface area (Å²) in [6.45, 7) is 1.80. The molecule has 1 N–H and O–H groups in total. The van der Waals surface area contributed by atoms with Crippen LogP contribution in [0.1, 0.15) is 18.1 Å². The van der Waals surface area contributed by atoms with Gasteiger partial charge in [-0.2, -0.15) is 0 Å². The Kier molecular flexibility index (Phi) is 9.37. The van der Waals surface area contributed by atoms with Gasteiger partial charge in [0.15, 0.2) is 11.5 Å². The number of rotatable bonds is 10. The second-order valence-electron chi connectivity index (χ2n) is 8.30. The SMILES string of the molecule is CCOc1cc(/C=C2\SC(=O)N(CC(=O)Nc3ccc(F)cc3)C2=O)cc(I)c1OCc1ccc([N+](=O)[O-])cc1. The smallest absolute Gasteiger partial charge is 0.294 e. The van der Waals surface area contributed by atoms with Crippen LogP contribution >= 0.6 is 34.4 Å². The average Bonchev–Trinajstić information content (AvgIpc) is 3.17. The fourth-order valence-corrected chi connectivity index (χ4v) is 5.23. The minimum absolute atomic E-state index is 0.0180. The number of carbonyl (C=O) groups excluding carboxylic acids is 3. The van der Waals surface area contributed by atoms with Crippen LogP contribution in [0.4, 0.5) is 20.6 Å². The number of imide groups is 1. The highest BCUT2D eigenvalue weighted by Gasteiger charge is 2.36. The minimum atomic E-state index is -0.615. The molecule has 0 unspecified atom stereocenters. The van der Waals surface area contributed by atoms with Crippen molar-refractivity contribution in [2.45, 2.75) is 13.5 Å². The molecule has 1 saturated heterocycles. The van der Waals surface area contributed by atoms with Crippen LogP contribution in [-0.2, 0) is 16.2 Å². The Hall–Kier alpha value is -3.98. The van der Waals surface area contributed by atoms with Crippen LogP contribution in [0, 0.1) is 19.5 Å². The number of carbonyl (C=O) groups is 3. The van der Waals surface area contributed by atoms with E-state index in [1.165, 1.54) is 42.5 Å². The summed E-state index contributed by atoms with van der Waals surface area (Å²) in [5.74, 6) is -0.794. The van der Waals surface area contributed by atoms with Gasteiger partial charge < -0.3 is 14.8 Å². The van der Waals surface area contributed by atoms with Crippen molar-refractivity contribution in [3.8, 4) is 11.5 Å². The largest absolute Gasteiger partial charge is 0.490 e. The van der Waals surface area contributed by atoms with Crippen LogP contribution < -0.4 is 14.8 Å². The number of ether oxygens (including phenoxy) is 2. The van der Waals surface area contributed by atoms with E-state index in [4.69, 9.17) is 9.47 Å². The number of hydrogen-bond donors (Lipinski definition) is 1. The third-order valence-corrected chi connectivity index (χ3v) is 7.17. The van der Waals surface area contributed by atoms with Gasteiger partial charge in [-0.15, -0.1) is 0 Å². The molecule has 3 aromatic carbocycles. The molecule has 0 radical (unpaired) electrons. The quantitative estimate of drug-likeness (QED) is 0.120. The Labute approximate surface area is 245 Å². The molecule has 0 aliphatic carbocycles. The lowest BCUT2D eigenvalue weighted by Gasteiger charge is -2.15. The van der Waals surface area contributed by atoms with Crippen LogP contribution in [0.2, 0.25) is 0 Å². The average molecular weight is 677 g/mol. The fourth-order valence-electron chi connectivity index (χ4n) is 3.61. The zero-order valence-corrected chi connectivity index (χ0v) is 23.9. The minimum Gasteiger partial charge on any atom is -0.490 e. The first-order valence-electron chi connectivity index (χ1n) is 11.8. The van der Waals surface area contributed by atoms with Crippen LogP contribution in [-0.4, -0.2) is 40.0 Å². The van der Waals surface area contributed by atoms with Crippen molar-refractivity contribution >= 4 is 68.9 Å². The van der Waals surface area contributed by atoms with Gasteiger partial charge in [0.2, 0.25) is 5.91 Å². The molecule has 0 spiro atoms. The summed E-state index contributed by atoms with van der Waals surface area (Å²) in [6.07, 6.45) is 1.54. The number of nitro groups is 1. The maximum atomic E-state index is 13.1. The molecule has 10 nitrogen and oxygen atoms in total. The lowest BCUT2D eigenvalue weighted by molar-refractivity contribution is -0.384. The van der Waals surface area contributed by atoms with Crippen LogP contribution in [0.25, 0.3) is 6.08 Å². The molecule has 0 aromatic heterocycles. The van der Waals surface area contributed by atoms with E-state index in [1.807, 2.05) is 6.92 Å². The van der Waals surface area contributed by atoms with Gasteiger partial charge in [-0.1, -0.05) is 0 Å². The normalized spacial score (nSPS) is 14.0. The van der Waals surface area contributed by atoms with Crippen molar-refractivity contribution in [3.05, 3.63) is 96.2 Å². The molecule has 3 amide bonds. The number of thioether (sulfide) groups is 1. The van der Waals surface area contributed by atoms with Gasteiger partial charge in [0.05, 0.1) is 20.0 Å². The van der Waals surface area contributed by atoms with Crippen molar-refractivity contribution < 1.29 is 33.2 Å². The molecular formula is C27H21FIN3O7S. The van der Waals surface area contributed by atoms with E-state index in [0.29, 0.717) is 44.7 Å². The van der Waals surface area contributed by atoms with Gasteiger partial charge in [0.1, 0.15) is 19.0 Å². The predicted octanol–water partition coefficient (Wildman–Crippen LogP) is 5.99. The van der Waals surface area contributed by atoms with Crippen molar-refractivity contribution in [1.29, 1.82) is 0 Å². The van der Waals surface area contributed by atoms with E-state index in [2.05, 4.69) is 27.9 Å². The summed E-state index contributed by atoms with van der Waals surface area (Å²) >= 11 is 2.78. The van der Waals surface area contributed by atoms with Gasteiger partial charge in [-0.3, -0.25) is 29.4 Å². The highest BCUT2D eigenvalue weighted by Crippen LogP contribution is 2.38. The summed E-state index contributed by atoms with van der Waals surface area (Å²) in [6, 6.07) is 14.5. The Bertz CT molecular complexity index is 1500. The summed E-state index contributed by atoms with van der Waals surface area (Å²) < 4.78 is 25.5. The van der Waals surface area contributed by atoms with Crippen LogP contribution in [0.15, 0.2) is 65.6 Å². The number of amides is 3.